The van der Waals surface area contributed by atoms with Gasteiger partial charge in [0, 0.05) is 5.56 Å². The van der Waals surface area contributed by atoms with Crippen molar-refractivity contribution >= 4 is 0 Å². The Bertz CT molecular complexity index is 394. The minimum Gasteiger partial charge on any atom is -0.454 e. The SMILES string of the molecule is C[C@H]1OC(c2ccc3c(c2)OCO3)O[C@@H]1C. The first-order valence-corrected chi connectivity index (χ1v) is 5.44. The van der Waals surface area contributed by atoms with Gasteiger partial charge in [-0.05, 0) is 32.0 Å². The highest BCUT2D eigenvalue weighted by Gasteiger charge is 2.31. The molecule has 0 saturated carbocycles. The van der Waals surface area contributed by atoms with Crippen molar-refractivity contribution in [2.24, 2.45) is 0 Å². The van der Waals surface area contributed by atoms with Crippen LogP contribution in [0.4, 0.5) is 0 Å². The molecule has 2 aliphatic heterocycles. The van der Waals surface area contributed by atoms with Crippen LogP contribution in [0.3, 0.4) is 0 Å². The highest BCUT2D eigenvalue weighted by atomic mass is 16.7. The number of rotatable bonds is 1. The molecule has 1 aromatic carbocycles. The first kappa shape index (κ1) is 9.93. The maximum atomic E-state index is 5.70. The van der Waals surface area contributed by atoms with Crippen molar-refractivity contribution in [2.75, 3.05) is 6.79 Å². The predicted molar refractivity (Wildman–Crippen MR) is 56.4 cm³/mol. The lowest BCUT2D eigenvalue weighted by Gasteiger charge is -2.10. The Morgan fingerprint density at radius 2 is 1.69 bits per heavy atom. The molecule has 0 aromatic heterocycles. The molecule has 0 unspecified atom stereocenters. The fourth-order valence-electron chi connectivity index (χ4n) is 1.86. The summed E-state index contributed by atoms with van der Waals surface area (Å²) in [7, 11) is 0. The molecule has 0 spiro atoms. The molecule has 16 heavy (non-hydrogen) atoms. The van der Waals surface area contributed by atoms with Crippen molar-refractivity contribution in [1.29, 1.82) is 0 Å². The van der Waals surface area contributed by atoms with Gasteiger partial charge in [-0.25, -0.2) is 0 Å². The summed E-state index contributed by atoms with van der Waals surface area (Å²) in [5.74, 6) is 1.54. The summed E-state index contributed by atoms with van der Waals surface area (Å²) in [5.41, 5.74) is 0.973. The van der Waals surface area contributed by atoms with Crippen LogP contribution < -0.4 is 9.47 Å². The van der Waals surface area contributed by atoms with E-state index in [1.807, 2.05) is 32.0 Å². The summed E-state index contributed by atoms with van der Waals surface area (Å²) < 4.78 is 22.0. The zero-order chi connectivity index (χ0) is 11.1. The molecule has 0 amide bonds. The second-order valence-corrected chi connectivity index (χ2v) is 4.13. The predicted octanol–water partition coefficient (Wildman–Crippen LogP) is 2.24. The fourth-order valence-corrected chi connectivity index (χ4v) is 1.86. The minimum atomic E-state index is -0.292. The Hall–Kier alpha value is -1.26. The lowest BCUT2D eigenvalue weighted by molar-refractivity contribution is -0.0653. The van der Waals surface area contributed by atoms with Crippen LogP contribution in [0.2, 0.25) is 0 Å². The molecule has 0 bridgehead atoms. The van der Waals surface area contributed by atoms with Gasteiger partial charge in [-0.2, -0.15) is 0 Å². The molecule has 4 nitrogen and oxygen atoms in total. The third-order valence-electron chi connectivity index (χ3n) is 3.01. The highest BCUT2D eigenvalue weighted by Crippen LogP contribution is 2.38. The summed E-state index contributed by atoms with van der Waals surface area (Å²) >= 11 is 0. The molecule has 1 fully saturated rings. The molecule has 2 heterocycles. The summed E-state index contributed by atoms with van der Waals surface area (Å²) in [4.78, 5) is 0. The van der Waals surface area contributed by atoms with E-state index in [9.17, 15) is 0 Å². The number of fused-ring (bicyclic) bond motifs is 1. The molecule has 0 radical (unpaired) electrons. The first-order chi connectivity index (χ1) is 7.74. The van der Waals surface area contributed by atoms with Gasteiger partial charge >= 0.3 is 0 Å². The van der Waals surface area contributed by atoms with E-state index in [0.717, 1.165) is 17.1 Å². The summed E-state index contributed by atoms with van der Waals surface area (Å²) in [6.07, 6.45) is -0.0506. The Kier molecular flexibility index (Phi) is 2.26. The molecule has 2 aliphatic rings. The second-order valence-electron chi connectivity index (χ2n) is 4.13. The summed E-state index contributed by atoms with van der Waals surface area (Å²) in [5, 5.41) is 0. The van der Waals surface area contributed by atoms with E-state index in [2.05, 4.69) is 0 Å². The van der Waals surface area contributed by atoms with Crippen molar-refractivity contribution in [2.45, 2.75) is 32.3 Å². The van der Waals surface area contributed by atoms with Crippen LogP contribution in [0.1, 0.15) is 25.7 Å². The van der Waals surface area contributed by atoms with Crippen molar-refractivity contribution in [3.63, 3.8) is 0 Å². The van der Waals surface area contributed by atoms with Crippen molar-refractivity contribution in [3.8, 4) is 11.5 Å². The molecule has 3 rings (SSSR count). The van der Waals surface area contributed by atoms with Crippen molar-refractivity contribution in [1.82, 2.24) is 0 Å². The smallest absolute Gasteiger partial charge is 0.231 e. The Balaban J connectivity index is 1.85. The number of hydrogen-bond acceptors (Lipinski definition) is 4. The van der Waals surface area contributed by atoms with E-state index in [0.29, 0.717) is 0 Å². The van der Waals surface area contributed by atoms with Gasteiger partial charge in [0.05, 0.1) is 12.2 Å². The zero-order valence-electron chi connectivity index (χ0n) is 9.30. The Morgan fingerprint density at radius 1 is 1.00 bits per heavy atom. The molecule has 0 aliphatic carbocycles. The molecular weight excluding hydrogens is 208 g/mol. The van der Waals surface area contributed by atoms with Gasteiger partial charge < -0.3 is 18.9 Å². The van der Waals surface area contributed by atoms with Gasteiger partial charge in [-0.1, -0.05) is 0 Å². The largest absolute Gasteiger partial charge is 0.454 e. The van der Waals surface area contributed by atoms with E-state index in [-0.39, 0.29) is 25.3 Å². The molecule has 1 saturated heterocycles. The van der Waals surface area contributed by atoms with Gasteiger partial charge in [-0.3, -0.25) is 0 Å². The molecule has 2 atom stereocenters. The van der Waals surface area contributed by atoms with Crippen LogP contribution in [0.25, 0.3) is 0 Å². The molecule has 1 aromatic rings. The normalized spacial score (nSPS) is 28.6. The average molecular weight is 222 g/mol. The quantitative estimate of drug-likeness (QED) is 0.730. The van der Waals surface area contributed by atoms with Crippen LogP contribution in [-0.2, 0) is 9.47 Å². The van der Waals surface area contributed by atoms with Crippen LogP contribution in [0.5, 0.6) is 11.5 Å². The molecule has 4 heteroatoms. The maximum Gasteiger partial charge on any atom is 0.231 e. The van der Waals surface area contributed by atoms with E-state index < -0.39 is 0 Å². The van der Waals surface area contributed by atoms with Crippen LogP contribution in [0.15, 0.2) is 18.2 Å². The van der Waals surface area contributed by atoms with Crippen LogP contribution >= 0.6 is 0 Å². The summed E-state index contributed by atoms with van der Waals surface area (Å²) in [6, 6.07) is 5.75. The van der Waals surface area contributed by atoms with E-state index in [1.165, 1.54) is 0 Å². The monoisotopic (exact) mass is 222 g/mol. The third kappa shape index (κ3) is 1.54. The van der Waals surface area contributed by atoms with Gasteiger partial charge in [0.15, 0.2) is 17.8 Å². The van der Waals surface area contributed by atoms with Crippen LogP contribution in [-0.4, -0.2) is 19.0 Å². The first-order valence-electron chi connectivity index (χ1n) is 5.44. The number of benzene rings is 1. The van der Waals surface area contributed by atoms with E-state index in [1.54, 1.807) is 0 Å². The van der Waals surface area contributed by atoms with E-state index in [4.69, 9.17) is 18.9 Å². The minimum absolute atomic E-state index is 0.121. The van der Waals surface area contributed by atoms with Gasteiger partial charge in [0.25, 0.3) is 0 Å². The fraction of sp³-hybridized carbons (Fsp3) is 0.500. The van der Waals surface area contributed by atoms with Crippen molar-refractivity contribution in [3.05, 3.63) is 23.8 Å². The topological polar surface area (TPSA) is 36.9 Å². The van der Waals surface area contributed by atoms with Gasteiger partial charge in [-0.15, -0.1) is 0 Å². The average Bonchev–Trinajstić information content (AvgIpc) is 2.85. The maximum absolute atomic E-state index is 5.70. The zero-order valence-corrected chi connectivity index (χ0v) is 9.30. The van der Waals surface area contributed by atoms with E-state index >= 15 is 0 Å². The van der Waals surface area contributed by atoms with Gasteiger partial charge in [0.2, 0.25) is 6.79 Å². The molecule has 86 valence electrons. The van der Waals surface area contributed by atoms with Crippen molar-refractivity contribution < 1.29 is 18.9 Å². The Labute approximate surface area is 94.1 Å². The molecule has 0 N–H and O–H groups in total. The summed E-state index contributed by atoms with van der Waals surface area (Å²) in [6.45, 7) is 4.31. The number of hydrogen-bond donors (Lipinski definition) is 0. The second kappa shape index (κ2) is 3.64. The number of ether oxygens (including phenoxy) is 4. The highest BCUT2D eigenvalue weighted by molar-refractivity contribution is 5.44. The van der Waals surface area contributed by atoms with Gasteiger partial charge in [0.1, 0.15) is 0 Å². The molecular formula is C12H14O4. The van der Waals surface area contributed by atoms with Crippen LogP contribution in [0, 0.1) is 0 Å². The lowest BCUT2D eigenvalue weighted by Crippen LogP contribution is -2.13. The third-order valence-corrected chi connectivity index (χ3v) is 3.01. The standard InChI is InChI=1S/C12H14O4/c1-7-8(2)16-12(15-7)9-3-4-10-11(5-9)14-6-13-10/h3-5,7-8,12H,6H2,1-2H3/t7-,8-/m1/s1. The Morgan fingerprint density at radius 3 is 2.44 bits per heavy atom. The lowest BCUT2D eigenvalue weighted by atomic mass is 10.2.